The van der Waals surface area contributed by atoms with Crippen LogP contribution in [-0.2, 0) is 0 Å². The first-order chi connectivity index (χ1) is 5.95. The molecule has 12 heavy (non-hydrogen) atoms. The van der Waals surface area contributed by atoms with E-state index in [2.05, 4.69) is 20.5 Å². The molecule has 0 amide bonds. The minimum atomic E-state index is 0.902. The van der Waals surface area contributed by atoms with Crippen LogP contribution < -0.4 is 0 Å². The third-order valence-electron chi connectivity index (χ3n) is 1.85. The van der Waals surface area contributed by atoms with Gasteiger partial charge >= 0.3 is 0 Å². The number of hydrogen-bond acceptors (Lipinski definition) is 3. The van der Waals surface area contributed by atoms with Crippen LogP contribution in [0, 0.1) is 6.20 Å². The first kappa shape index (κ1) is 6.14. The van der Waals surface area contributed by atoms with Gasteiger partial charge in [0, 0.05) is 23.2 Å². The van der Waals surface area contributed by atoms with Crippen LogP contribution in [-0.4, -0.2) is 14.3 Å². The standard InChI is InChI=1S/C8H4N3S/c1-2-9-8-5(1)6-3-11-12-7(6)4-10-8/h1-2,4H,(H,9,10). The fourth-order valence-electron chi connectivity index (χ4n) is 1.29. The monoisotopic (exact) mass is 174 g/mol. The molecule has 3 aromatic heterocycles. The summed E-state index contributed by atoms with van der Waals surface area (Å²) in [5, 5.41) is 2.16. The highest BCUT2D eigenvalue weighted by Gasteiger charge is 2.03. The van der Waals surface area contributed by atoms with Crippen molar-refractivity contribution in [1.29, 1.82) is 0 Å². The van der Waals surface area contributed by atoms with Gasteiger partial charge < -0.3 is 4.98 Å². The molecule has 0 bridgehead atoms. The van der Waals surface area contributed by atoms with E-state index in [1.54, 1.807) is 0 Å². The molecular formula is C8H4N3S. The van der Waals surface area contributed by atoms with E-state index in [1.165, 1.54) is 11.5 Å². The average Bonchev–Trinajstić information content (AvgIpc) is 2.71. The van der Waals surface area contributed by atoms with E-state index in [-0.39, 0.29) is 0 Å². The van der Waals surface area contributed by atoms with E-state index in [4.69, 9.17) is 0 Å². The highest BCUT2D eigenvalue weighted by atomic mass is 32.1. The van der Waals surface area contributed by atoms with Gasteiger partial charge in [-0.25, -0.2) is 4.98 Å². The van der Waals surface area contributed by atoms with Crippen molar-refractivity contribution in [1.82, 2.24) is 14.3 Å². The molecule has 4 heteroatoms. The number of nitrogens with one attached hydrogen (secondary N) is 1. The third kappa shape index (κ3) is 0.648. The quantitative estimate of drug-likeness (QED) is 0.566. The maximum Gasteiger partial charge on any atom is 0.138 e. The summed E-state index contributed by atoms with van der Waals surface area (Å²) in [7, 11) is 0. The summed E-state index contributed by atoms with van der Waals surface area (Å²) in [6.07, 6.45) is 6.66. The lowest BCUT2D eigenvalue weighted by atomic mass is 10.2. The highest BCUT2D eigenvalue weighted by Crippen LogP contribution is 2.23. The topological polar surface area (TPSA) is 41.6 Å². The zero-order chi connectivity index (χ0) is 7.97. The molecule has 1 N–H and O–H groups in total. The molecule has 0 saturated carbocycles. The zero-order valence-corrected chi connectivity index (χ0v) is 6.85. The maximum absolute atomic E-state index is 4.24. The number of rotatable bonds is 0. The van der Waals surface area contributed by atoms with Crippen LogP contribution in [0.2, 0.25) is 0 Å². The Morgan fingerprint density at radius 3 is 3.50 bits per heavy atom. The second-order valence-electron chi connectivity index (χ2n) is 2.53. The summed E-state index contributed by atoms with van der Waals surface area (Å²) in [5.74, 6) is 0. The Balaban J connectivity index is 2.71. The normalized spacial score (nSPS) is 11.3. The van der Waals surface area contributed by atoms with Crippen LogP contribution in [0.5, 0.6) is 0 Å². The number of aromatic amines is 1. The molecule has 3 aromatic rings. The number of nitrogens with zero attached hydrogens (tertiary/aromatic N) is 2. The SMILES string of the molecule is [c]1nsc2cnc3[nH]ccc3c12. The fourth-order valence-corrected chi connectivity index (χ4v) is 1.87. The van der Waals surface area contributed by atoms with Crippen molar-refractivity contribution in [3.05, 3.63) is 24.7 Å². The van der Waals surface area contributed by atoms with Crippen molar-refractivity contribution in [2.45, 2.75) is 0 Å². The molecule has 0 fully saturated rings. The minimum absolute atomic E-state index is 0.902. The van der Waals surface area contributed by atoms with Crippen molar-refractivity contribution in [3.63, 3.8) is 0 Å². The molecule has 0 atom stereocenters. The van der Waals surface area contributed by atoms with Crippen molar-refractivity contribution in [2.24, 2.45) is 0 Å². The summed E-state index contributed by atoms with van der Waals surface area (Å²) in [6, 6.07) is 2.00. The van der Waals surface area contributed by atoms with Gasteiger partial charge in [0.2, 0.25) is 0 Å². The third-order valence-corrected chi connectivity index (χ3v) is 2.54. The molecule has 0 unspecified atom stereocenters. The molecular weight excluding hydrogens is 170 g/mol. The van der Waals surface area contributed by atoms with Gasteiger partial charge in [0.1, 0.15) is 11.8 Å². The van der Waals surface area contributed by atoms with E-state index in [9.17, 15) is 0 Å². The van der Waals surface area contributed by atoms with Crippen LogP contribution in [0.15, 0.2) is 18.5 Å². The first-order valence-corrected chi connectivity index (χ1v) is 4.31. The van der Waals surface area contributed by atoms with E-state index >= 15 is 0 Å². The summed E-state index contributed by atoms with van der Waals surface area (Å²) in [4.78, 5) is 7.28. The molecule has 0 aliphatic heterocycles. The second kappa shape index (κ2) is 2.04. The van der Waals surface area contributed by atoms with Crippen LogP contribution in [0.25, 0.3) is 21.1 Å². The summed E-state index contributed by atoms with van der Waals surface area (Å²) in [5.41, 5.74) is 0.902. The van der Waals surface area contributed by atoms with Gasteiger partial charge in [0.05, 0.1) is 4.70 Å². The summed E-state index contributed by atoms with van der Waals surface area (Å²) in [6.45, 7) is 0. The number of hydrogen-bond donors (Lipinski definition) is 1. The molecule has 3 heterocycles. The smallest absolute Gasteiger partial charge is 0.138 e. The largest absolute Gasteiger partial charge is 0.346 e. The van der Waals surface area contributed by atoms with Gasteiger partial charge in [-0.2, -0.15) is 4.37 Å². The van der Waals surface area contributed by atoms with Crippen molar-refractivity contribution >= 4 is 32.7 Å². The fraction of sp³-hybridized carbons (Fsp3) is 0. The number of H-pyrrole nitrogens is 1. The Morgan fingerprint density at radius 2 is 2.50 bits per heavy atom. The predicted octanol–water partition coefficient (Wildman–Crippen LogP) is 1.97. The average molecular weight is 174 g/mol. The van der Waals surface area contributed by atoms with Crippen molar-refractivity contribution < 1.29 is 0 Å². The van der Waals surface area contributed by atoms with Crippen LogP contribution in [0.4, 0.5) is 0 Å². The molecule has 0 aromatic carbocycles. The first-order valence-electron chi connectivity index (χ1n) is 3.54. The minimum Gasteiger partial charge on any atom is -0.346 e. The molecule has 1 radical (unpaired) electrons. The Kier molecular flexibility index (Phi) is 1.04. The van der Waals surface area contributed by atoms with E-state index in [0.29, 0.717) is 0 Å². The number of fused-ring (bicyclic) bond motifs is 3. The Hall–Kier alpha value is -1.42. The van der Waals surface area contributed by atoms with Gasteiger partial charge in [-0.15, -0.1) is 0 Å². The number of pyridine rings is 1. The highest BCUT2D eigenvalue weighted by molar-refractivity contribution is 7.13. The van der Waals surface area contributed by atoms with Crippen LogP contribution in [0.3, 0.4) is 0 Å². The van der Waals surface area contributed by atoms with E-state index in [0.717, 1.165) is 21.1 Å². The Labute approximate surface area is 72.2 Å². The molecule has 3 rings (SSSR count). The van der Waals surface area contributed by atoms with Gasteiger partial charge in [-0.3, -0.25) is 0 Å². The van der Waals surface area contributed by atoms with Gasteiger partial charge in [0.25, 0.3) is 0 Å². The predicted molar refractivity (Wildman–Crippen MR) is 48.1 cm³/mol. The van der Waals surface area contributed by atoms with E-state index in [1.807, 2.05) is 18.5 Å². The lowest BCUT2D eigenvalue weighted by molar-refractivity contribution is 1.34. The molecule has 3 nitrogen and oxygen atoms in total. The van der Waals surface area contributed by atoms with E-state index < -0.39 is 0 Å². The van der Waals surface area contributed by atoms with Gasteiger partial charge in [-0.05, 0) is 17.6 Å². The summed E-state index contributed by atoms with van der Waals surface area (Å²) < 4.78 is 5.08. The van der Waals surface area contributed by atoms with Crippen molar-refractivity contribution in [3.8, 4) is 0 Å². The van der Waals surface area contributed by atoms with Crippen LogP contribution >= 0.6 is 11.5 Å². The Morgan fingerprint density at radius 1 is 1.50 bits per heavy atom. The lowest BCUT2D eigenvalue weighted by Gasteiger charge is -1.88. The van der Waals surface area contributed by atoms with Gasteiger partial charge in [0.15, 0.2) is 0 Å². The van der Waals surface area contributed by atoms with Crippen LogP contribution in [0.1, 0.15) is 0 Å². The number of aromatic nitrogens is 3. The second-order valence-corrected chi connectivity index (χ2v) is 3.34. The maximum atomic E-state index is 4.24. The van der Waals surface area contributed by atoms with Crippen molar-refractivity contribution in [2.75, 3.05) is 0 Å². The molecule has 0 aliphatic rings. The summed E-state index contributed by atoms with van der Waals surface area (Å²) >= 11 is 1.42. The zero-order valence-electron chi connectivity index (χ0n) is 6.03. The molecule has 57 valence electrons. The molecule has 0 aliphatic carbocycles. The lowest BCUT2D eigenvalue weighted by Crippen LogP contribution is -1.73. The van der Waals surface area contributed by atoms with Gasteiger partial charge in [-0.1, -0.05) is 0 Å². The Bertz CT molecular complexity index is 487. The molecule has 0 saturated heterocycles. The molecule has 0 spiro atoms.